The number of fused-ring (bicyclic) bond motifs is 3. The smallest absolute Gasteiger partial charge is 0.248 e. The third-order valence-corrected chi connectivity index (χ3v) is 17.7. The van der Waals surface area contributed by atoms with Gasteiger partial charge in [-0.3, -0.25) is 14.4 Å². The van der Waals surface area contributed by atoms with Crippen LogP contribution in [0.4, 0.5) is 82.2 Å². The first kappa shape index (κ1) is 70.7. The molecule has 0 aliphatic carbocycles. The Morgan fingerprint density at radius 3 is 1.08 bits per heavy atom. The van der Waals surface area contributed by atoms with E-state index in [1.54, 1.807) is 55.0 Å². The van der Waals surface area contributed by atoms with E-state index in [9.17, 15) is 14.4 Å². The summed E-state index contributed by atoms with van der Waals surface area (Å²) in [5.74, 6) is 0.692. The lowest BCUT2D eigenvalue weighted by atomic mass is 10.2. The number of hydrogen-bond acceptors (Lipinski definition) is 24. The fourth-order valence-electron chi connectivity index (χ4n) is 12.2. The van der Waals surface area contributed by atoms with Crippen LogP contribution < -0.4 is 66.1 Å². The molecule has 12 aromatic rings. The number of pyridine rings is 3. The molecular weight excluding hydrogens is 1350 g/mol. The number of aryl methyl sites for hydroxylation is 3. The molecule has 105 heavy (non-hydrogen) atoms. The molecule has 3 saturated heterocycles. The number of rotatable bonds is 22. The van der Waals surface area contributed by atoms with E-state index in [-0.39, 0.29) is 69.4 Å². The Morgan fingerprint density at radius 1 is 0.429 bits per heavy atom. The SMILES string of the molecule is CCN1CCN(c2ccc(Nc3ncnc(Oc4ccc5[nH]c(C)cc5c4F)c3NC=O)nc2)CC1.Cc1cc2c(F)c(Oc3ncnc(Nc4ccc(N5CCN(C)CC5)cn4)c3NC=O)ccc2[nH]1.Cc1cc2c(F)c(Oc3ncnc(Nc4ccc(N5CCNCC5)cn4)c3NC=O)ccc2[nH]1. The number of hydrogen-bond donors (Lipinski definition) is 10. The standard InChI is InChI=1S/C25H27FN8O2.C24H25FN8O2.C23H23FN8O2/c1-3-33-8-10-34(11-9-33)17-4-7-21(27-13-17)32-24-23(30-15-35)25(29-14-28-24)36-20-6-5-19-18(22(20)26)12-16(2)31-19;1-15-11-17-18(30-15)4-5-19(21(17)25)35-24-22(29-14-34)23(27-13-28-24)31-20-6-3-16(12-26-20)33-9-7-32(2)8-10-33;1-14-10-16-17(30-14)3-4-18(20(16)24)34-23-21(29-13-33)22(27-12-28-23)31-19-5-2-15(11-26-19)32-8-6-25-7-9-32/h4-7,12-15,31H,3,8-11H2,1-2H3,(H,30,35)(H,27,28,29,32);3-6,11-14,30H,7-10H2,1-2H3,(H,29,34)(H,26,27,28,31);2-5,10-13,25,30H,6-9H2,1H3,(H,29,33)(H,26,27,28,31). The Hall–Kier alpha value is -12.8. The number of benzene rings is 3. The summed E-state index contributed by atoms with van der Waals surface area (Å²) in [4.78, 5) is 93.1. The molecule has 12 heterocycles. The van der Waals surface area contributed by atoms with E-state index in [0.29, 0.717) is 69.4 Å². The van der Waals surface area contributed by atoms with Gasteiger partial charge in [0.2, 0.25) is 36.9 Å². The quantitative estimate of drug-likeness (QED) is 0.0282. The lowest BCUT2D eigenvalue weighted by Gasteiger charge is -2.35. The molecule has 9 aromatic heterocycles. The summed E-state index contributed by atoms with van der Waals surface area (Å²) in [7, 11) is 2.11. The third kappa shape index (κ3) is 16.6. The molecule has 3 aromatic carbocycles. The van der Waals surface area contributed by atoms with Crippen LogP contribution in [-0.4, -0.2) is 181 Å². The van der Waals surface area contributed by atoms with Crippen molar-refractivity contribution in [3.63, 3.8) is 0 Å². The van der Waals surface area contributed by atoms with Crippen molar-refractivity contribution in [2.75, 3.05) is 139 Å². The second kappa shape index (κ2) is 32.5. The number of H-pyrrole nitrogens is 3. The van der Waals surface area contributed by atoms with E-state index < -0.39 is 17.5 Å². The van der Waals surface area contributed by atoms with Gasteiger partial charge >= 0.3 is 0 Å². The van der Waals surface area contributed by atoms with E-state index in [1.165, 1.54) is 37.2 Å². The van der Waals surface area contributed by atoms with Crippen molar-refractivity contribution in [3.8, 4) is 34.9 Å². The summed E-state index contributed by atoms with van der Waals surface area (Å²) in [5, 5.41) is 21.4. The molecule has 0 radical (unpaired) electrons. The highest BCUT2D eigenvalue weighted by molar-refractivity contribution is 5.89. The predicted molar refractivity (Wildman–Crippen MR) is 396 cm³/mol. The van der Waals surface area contributed by atoms with Crippen molar-refractivity contribution in [3.05, 3.63) is 163 Å². The average Bonchev–Trinajstić information content (AvgIpc) is 1.52. The Balaban J connectivity index is 0.000000140. The Morgan fingerprint density at radius 2 is 0.762 bits per heavy atom. The molecule has 540 valence electrons. The van der Waals surface area contributed by atoms with Crippen molar-refractivity contribution >= 4 is 121 Å². The molecule has 0 unspecified atom stereocenters. The van der Waals surface area contributed by atoms with Gasteiger partial charge < -0.3 is 90.9 Å². The lowest BCUT2D eigenvalue weighted by molar-refractivity contribution is -0.106. The predicted octanol–water partition coefficient (Wildman–Crippen LogP) is 11.0. The van der Waals surface area contributed by atoms with E-state index in [1.807, 2.05) is 57.2 Å². The third-order valence-electron chi connectivity index (χ3n) is 17.7. The zero-order valence-electron chi connectivity index (χ0n) is 57.9. The molecule has 0 bridgehead atoms. The second-order valence-electron chi connectivity index (χ2n) is 24.7. The maximum absolute atomic E-state index is 15.1. The van der Waals surface area contributed by atoms with E-state index >= 15 is 13.2 Å². The van der Waals surface area contributed by atoms with Crippen LogP contribution in [0.1, 0.15) is 24.0 Å². The Kier molecular flexibility index (Phi) is 21.9. The fraction of sp³-hybridized carbons (Fsp3) is 0.250. The van der Waals surface area contributed by atoms with Gasteiger partial charge in [0, 0.05) is 128 Å². The van der Waals surface area contributed by atoms with E-state index in [0.717, 1.165) is 119 Å². The van der Waals surface area contributed by atoms with Crippen molar-refractivity contribution in [1.29, 1.82) is 0 Å². The molecule has 10 N–H and O–H groups in total. The number of ether oxygens (including phenoxy) is 3. The van der Waals surface area contributed by atoms with Gasteiger partial charge in [-0.15, -0.1) is 0 Å². The zero-order valence-corrected chi connectivity index (χ0v) is 57.9. The van der Waals surface area contributed by atoms with E-state index in [2.05, 4.69) is 135 Å². The maximum Gasteiger partial charge on any atom is 0.248 e. The minimum Gasteiger partial charge on any atom is -0.434 e. The molecule has 0 atom stereocenters. The van der Waals surface area contributed by atoms with Gasteiger partial charge in [0.15, 0.2) is 52.2 Å². The second-order valence-corrected chi connectivity index (χ2v) is 24.7. The van der Waals surface area contributed by atoms with Gasteiger partial charge in [-0.2, -0.15) is 15.0 Å². The van der Waals surface area contributed by atoms with Crippen LogP contribution >= 0.6 is 0 Å². The van der Waals surface area contributed by atoms with Gasteiger partial charge in [0.25, 0.3) is 0 Å². The summed E-state index contributed by atoms with van der Waals surface area (Å²) >= 11 is 0. The highest BCUT2D eigenvalue weighted by Gasteiger charge is 2.24. The lowest BCUT2D eigenvalue weighted by Crippen LogP contribution is -2.46. The van der Waals surface area contributed by atoms with Crippen LogP contribution in [0, 0.1) is 38.2 Å². The number of anilines is 12. The van der Waals surface area contributed by atoms with Crippen LogP contribution in [0.5, 0.6) is 34.9 Å². The van der Waals surface area contributed by atoms with E-state index in [4.69, 9.17) is 14.2 Å². The number of piperazine rings is 3. The monoisotopic (exact) mass is 1430 g/mol. The number of aromatic nitrogens is 12. The average molecular weight is 1430 g/mol. The van der Waals surface area contributed by atoms with Crippen molar-refractivity contribution in [2.45, 2.75) is 27.7 Å². The number of carbonyl (C=O) groups excluding carboxylic acids is 3. The Bertz CT molecular complexity index is 5030. The van der Waals surface area contributed by atoms with Crippen LogP contribution in [0.2, 0.25) is 0 Å². The molecule has 33 heteroatoms. The number of nitrogens with one attached hydrogen (secondary N) is 10. The number of amides is 3. The van der Waals surface area contributed by atoms with Gasteiger partial charge in [-0.1, -0.05) is 6.92 Å². The van der Waals surface area contributed by atoms with Gasteiger partial charge in [-0.25, -0.2) is 43.1 Å². The maximum atomic E-state index is 15.1. The van der Waals surface area contributed by atoms with Gasteiger partial charge in [-0.05, 0) is 125 Å². The molecule has 3 aliphatic heterocycles. The van der Waals surface area contributed by atoms with Crippen LogP contribution in [0.25, 0.3) is 32.7 Å². The number of halogens is 3. The summed E-state index contributed by atoms with van der Waals surface area (Å²) in [6.45, 7) is 20.3. The highest BCUT2D eigenvalue weighted by atomic mass is 19.1. The van der Waals surface area contributed by atoms with Crippen LogP contribution in [-0.2, 0) is 14.4 Å². The molecular formula is C72H75F3N24O6. The largest absolute Gasteiger partial charge is 0.434 e. The van der Waals surface area contributed by atoms with Crippen molar-refractivity contribution in [2.24, 2.45) is 0 Å². The summed E-state index contributed by atoms with van der Waals surface area (Å²) in [6, 6.07) is 26.2. The molecule has 0 spiro atoms. The summed E-state index contributed by atoms with van der Waals surface area (Å²) in [5.41, 5.74) is 8.07. The molecule has 3 amide bonds. The zero-order chi connectivity index (χ0) is 72.9. The Labute approximate surface area is 599 Å². The molecule has 0 saturated carbocycles. The number of aromatic amines is 3. The molecule has 3 fully saturated rings. The topological polar surface area (TPSA) is 343 Å². The molecule has 30 nitrogen and oxygen atoms in total. The first-order valence-electron chi connectivity index (χ1n) is 33.8. The van der Waals surface area contributed by atoms with Gasteiger partial charge in [0.05, 0.1) is 35.7 Å². The number of likely N-dealkylation sites (N-methyl/N-ethyl adjacent to an activating group) is 2. The van der Waals surface area contributed by atoms with Crippen LogP contribution in [0.3, 0.4) is 0 Å². The molecule has 3 aliphatic rings. The summed E-state index contributed by atoms with van der Waals surface area (Å²) in [6.07, 6.45) is 10.6. The minimum absolute atomic E-state index is 0.00415. The minimum atomic E-state index is -0.530. The fourth-order valence-corrected chi connectivity index (χ4v) is 12.2. The highest BCUT2D eigenvalue weighted by Crippen LogP contribution is 2.40. The number of carbonyl (C=O) groups is 3. The first-order valence-corrected chi connectivity index (χ1v) is 33.8. The number of nitrogens with zero attached hydrogens (tertiary/aromatic N) is 14. The first-order chi connectivity index (χ1) is 51.2. The summed E-state index contributed by atoms with van der Waals surface area (Å²) < 4.78 is 62.4. The van der Waals surface area contributed by atoms with Gasteiger partial charge in [0.1, 0.15) is 53.5 Å². The molecule has 15 rings (SSSR count). The van der Waals surface area contributed by atoms with Crippen LogP contribution in [0.15, 0.2) is 129 Å². The normalized spacial score (nSPS) is 14.0. The van der Waals surface area contributed by atoms with Crippen molar-refractivity contribution in [1.82, 2.24) is 74.9 Å². The van der Waals surface area contributed by atoms with Crippen molar-refractivity contribution < 1.29 is 41.8 Å².